The summed E-state index contributed by atoms with van der Waals surface area (Å²) in [5.74, 6) is -1.70. The second kappa shape index (κ2) is 8.42. The lowest BCUT2D eigenvalue weighted by molar-refractivity contribution is -0.218. The number of rotatable bonds is 9. The number of aliphatic hydroxyl groups excluding tert-OH is 1. The average Bonchev–Trinajstić information content (AvgIpc) is 2.65. The van der Waals surface area contributed by atoms with Gasteiger partial charge in [0.05, 0.1) is 5.57 Å². The Hall–Kier alpha value is -0.870. The van der Waals surface area contributed by atoms with Crippen LogP contribution in [0.2, 0.25) is 0 Å². The van der Waals surface area contributed by atoms with Crippen LogP contribution in [0.3, 0.4) is 0 Å². The molecule has 0 aromatic heterocycles. The van der Waals surface area contributed by atoms with Gasteiger partial charge >= 0.3 is 5.97 Å². The largest absolute Gasteiger partial charge is 0.427 e. The van der Waals surface area contributed by atoms with Gasteiger partial charge in [-0.3, -0.25) is 0 Å². The van der Waals surface area contributed by atoms with Crippen LogP contribution in [0.5, 0.6) is 0 Å². The summed E-state index contributed by atoms with van der Waals surface area (Å²) in [4.78, 5) is 11.7. The van der Waals surface area contributed by atoms with E-state index in [-0.39, 0.29) is 0 Å². The molecule has 0 spiro atoms. The summed E-state index contributed by atoms with van der Waals surface area (Å²) in [6.45, 7) is 3.79. The Morgan fingerprint density at radius 2 is 1.85 bits per heavy atom. The number of hydrogen-bond donors (Lipinski definition) is 1. The first kappa shape index (κ1) is 17.2. The van der Waals surface area contributed by atoms with Gasteiger partial charge < -0.3 is 14.6 Å². The average molecular weight is 284 g/mol. The van der Waals surface area contributed by atoms with Gasteiger partial charge in [0.15, 0.2) is 6.10 Å². The Kier molecular flexibility index (Phi) is 7.24. The van der Waals surface area contributed by atoms with Crippen molar-refractivity contribution in [2.75, 3.05) is 7.11 Å². The van der Waals surface area contributed by atoms with E-state index in [1.807, 2.05) is 0 Å². The van der Waals surface area contributed by atoms with Crippen LogP contribution in [0, 0.1) is 0 Å². The molecule has 1 heterocycles. The fraction of sp³-hybridized carbons (Fsp3) is 0.812. The van der Waals surface area contributed by atoms with Gasteiger partial charge in [0.1, 0.15) is 0 Å². The smallest absolute Gasteiger partial charge is 0.339 e. The van der Waals surface area contributed by atoms with Crippen LogP contribution in [-0.2, 0) is 14.3 Å². The number of allylic oxidation sites excluding steroid dienone is 1. The minimum atomic E-state index is -1.23. The van der Waals surface area contributed by atoms with Crippen molar-refractivity contribution < 1.29 is 19.4 Å². The summed E-state index contributed by atoms with van der Waals surface area (Å²) in [5, 5.41) is 10.0. The highest BCUT2D eigenvalue weighted by molar-refractivity contribution is 5.92. The maximum Gasteiger partial charge on any atom is 0.339 e. The first-order valence-corrected chi connectivity index (χ1v) is 7.71. The van der Waals surface area contributed by atoms with Crippen molar-refractivity contribution in [3.05, 3.63) is 11.6 Å². The van der Waals surface area contributed by atoms with E-state index >= 15 is 0 Å². The van der Waals surface area contributed by atoms with Gasteiger partial charge in [0.25, 0.3) is 0 Å². The van der Waals surface area contributed by atoms with Gasteiger partial charge in [0, 0.05) is 14.0 Å². The number of unbranched alkanes of at least 4 members (excludes halogenated alkanes) is 7. The normalized spacial score (nSPS) is 28.1. The molecule has 1 fully saturated rings. The molecule has 1 rings (SSSR count). The van der Waals surface area contributed by atoms with Crippen LogP contribution in [0.4, 0.5) is 0 Å². The number of cyclic esters (lactones) is 1. The third kappa shape index (κ3) is 4.60. The first-order valence-electron chi connectivity index (χ1n) is 7.71. The Morgan fingerprint density at radius 3 is 2.40 bits per heavy atom. The number of hydrogen-bond acceptors (Lipinski definition) is 4. The number of ether oxygens (including phenoxy) is 2. The van der Waals surface area contributed by atoms with Gasteiger partial charge in [-0.05, 0) is 12.8 Å². The zero-order chi connectivity index (χ0) is 15.0. The van der Waals surface area contributed by atoms with Crippen molar-refractivity contribution >= 4 is 5.97 Å². The fourth-order valence-electron chi connectivity index (χ4n) is 2.40. The molecule has 20 heavy (non-hydrogen) atoms. The first-order chi connectivity index (χ1) is 9.55. The van der Waals surface area contributed by atoms with Gasteiger partial charge in [-0.25, -0.2) is 4.79 Å². The molecular formula is C16H28O4. The van der Waals surface area contributed by atoms with Crippen molar-refractivity contribution in [1.29, 1.82) is 0 Å². The highest BCUT2D eigenvalue weighted by atomic mass is 16.7. The van der Waals surface area contributed by atoms with Crippen molar-refractivity contribution in [2.45, 2.75) is 77.1 Å². The lowest BCUT2D eigenvalue weighted by atomic mass is 10.0. The Balaban J connectivity index is 2.27. The molecule has 0 aromatic rings. The predicted molar refractivity (Wildman–Crippen MR) is 78.2 cm³/mol. The van der Waals surface area contributed by atoms with Crippen LogP contribution in [0.1, 0.15) is 65.2 Å². The number of esters is 1. The maximum absolute atomic E-state index is 11.7. The van der Waals surface area contributed by atoms with Gasteiger partial charge in [-0.1, -0.05) is 51.5 Å². The topological polar surface area (TPSA) is 55.8 Å². The maximum atomic E-state index is 11.7. The summed E-state index contributed by atoms with van der Waals surface area (Å²) in [6.07, 6.45) is 10.2. The highest BCUT2D eigenvalue weighted by Gasteiger charge is 2.48. The third-order valence-electron chi connectivity index (χ3n) is 3.90. The lowest BCUT2D eigenvalue weighted by Gasteiger charge is -2.23. The fourth-order valence-corrected chi connectivity index (χ4v) is 2.40. The Bertz CT molecular complexity index is 337. The molecule has 0 radical (unpaired) electrons. The lowest BCUT2D eigenvalue weighted by Crippen LogP contribution is -2.38. The molecule has 0 bridgehead atoms. The molecular weight excluding hydrogens is 256 g/mol. The molecule has 0 amide bonds. The number of carbonyl (C=O) groups is 1. The van der Waals surface area contributed by atoms with Gasteiger partial charge in [-0.2, -0.15) is 0 Å². The van der Waals surface area contributed by atoms with Crippen molar-refractivity contribution in [3.8, 4) is 0 Å². The second-order valence-corrected chi connectivity index (χ2v) is 5.58. The highest BCUT2D eigenvalue weighted by Crippen LogP contribution is 2.31. The third-order valence-corrected chi connectivity index (χ3v) is 3.90. The van der Waals surface area contributed by atoms with Crippen LogP contribution >= 0.6 is 0 Å². The van der Waals surface area contributed by atoms with E-state index in [2.05, 4.69) is 6.92 Å². The van der Waals surface area contributed by atoms with Crippen LogP contribution in [0.15, 0.2) is 11.6 Å². The number of carbonyl (C=O) groups excluding carboxylic acids is 1. The van der Waals surface area contributed by atoms with E-state index in [4.69, 9.17) is 9.47 Å². The summed E-state index contributed by atoms with van der Waals surface area (Å²) < 4.78 is 10.1. The summed E-state index contributed by atoms with van der Waals surface area (Å²) in [5.41, 5.74) is 0.334. The molecule has 2 atom stereocenters. The molecule has 116 valence electrons. The number of aliphatic hydroxyl groups is 1. The van der Waals surface area contributed by atoms with E-state index in [1.54, 1.807) is 13.0 Å². The summed E-state index contributed by atoms with van der Waals surface area (Å²) in [6, 6.07) is 0. The van der Waals surface area contributed by atoms with Crippen LogP contribution in [-0.4, -0.2) is 30.1 Å². The standard InChI is InChI=1S/C16H28O4/c1-4-5-6-7-8-9-10-11-12-13-14(17)16(2,19-3)20-15(13)18/h12,14,17H,4-11H2,1-3H3/t14-,16+/m1/s1. The zero-order valence-electron chi connectivity index (χ0n) is 13.0. The van der Waals surface area contributed by atoms with Crippen LogP contribution < -0.4 is 0 Å². The van der Waals surface area contributed by atoms with E-state index in [0.717, 1.165) is 12.8 Å². The van der Waals surface area contributed by atoms with Crippen molar-refractivity contribution in [1.82, 2.24) is 0 Å². The minimum absolute atomic E-state index is 0.334. The molecule has 0 unspecified atom stereocenters. The monoisotopic (exact) mass is 284 g/mol. The molecule has 0 aromatic carbocycles. The number of methoxy groups -OCH3 is 1. The molecule has 0 saturated carbocycles. The van der Waals surface area contributed by atoms with Gasteiger partial charge in [-0.15, -0.1) is 0 Å². The van der Waals surface area contributed by atoms with Crippen LogP contribution in [0.25, 0.3) is 0 Å². The quantitative estimate of drug-likeness (QED) is 0.401. The summed E-state index contributed by atoms with van der Waals surface area (Å²) in [7, 11) is 1.43. The molecule has 1 N–H and O–H groups in total. The molecule has 0 aliphatic carbocycles. The minimum Gasteiger partial charge on any atom is -0.427 e. The predicted octanol–water partition coefficient (Wildman–Crippen LogP) is 3.33. The molecule has 4 nitrogen and oxygen atoms in total. The Morgan fingerprint density at radius 1 is 1.25 bits per heavy atom. The Labute approximate surface area is 122 Å². The zero-order valence-corrected chi connectivity index (χ0v) is 13.0. The summed E-state index contributed by atoms with van der Waals surface area (Å²) >= 11 is 0. The molecule has 1 aliphatic heterocycles. The van der Waals surface area contributed by atoms with Crippen molar-refractivity contribution in [2.24, 2.45) is 0 Å². The molecule has 1 aliphatic rings. The van der Waals surface area contributed by atoms with E-state index in [9.17, 15) is 9.90 Å². The van der Waals surface area contributed by atoms with Gasteiger partial charge in [0.2, 0.25) is 5.79 Å². The second-order valence-electron chi connectivity index (χ2n) is 5.58. The molecule has 4 heteroatoms. The van der Waals surface area contributed by atoms with E-state index in [1.165, 1.54) is 45.6 Å². The van der Waals surface area contributed by atoms with E-state index < -0.39 is 17.9 Å². The SMILES string of the molecule is CCCCCCCCCC=C1C(=O)O[C@](C)(OC)[C@@H]1O. The van der Waals surface area contributed by atoms with Crippen molar-refractivity contribution in [3.63, 3.8) is 0 Å². The molecule has 1 saturated heterocycles. The van der Waals surface area contributed by atoms with E-state index in [0.29, 0.717) is 5.57 Å².